The van der Waals surface area contributed by atoms with Gasteiger partial charge in [0.2, 0.25) is 0 Å². The number of rotatable bonds is 3. The van der Waals surface area contributed by atoms with E-state index in [4.69, 9.17) is 4.74 Å². The molecule has 4 rings (SSSR count). The molecule has 0 aliphatic carbocycles. The highest BCUT2D eigenvalue weighted by Crippen LogP contribution is 2.21. The molecule has 0 radical (unpaired) electrons. The molecule has 1 aliphatic rings. The number of H-pyrrole nitrogens is 1. The number of pyridine rings is 1. The van der Waals surface area contributed by atoms with E-state index in [-0.39, 0.29) is 29.4 Å². The first kappa shape index (κ1) is 19.8. The van der Waals surface area contributed by atoms with Gasteiger partial charge >= 0.3 is 0 Å². The van der Waals surface area contributed by atoms with E-state index in [1.165, 1.54) is 0 Å². The van der Waals surface area contributed by atoms with E-state index in [2.05, 4.69) is 10.3 Å². The molecule has 1 aromatic heterocycles. The van der Waals surface area contributed by atoms with E-state index in [9.17, 15) is 14.4 Å². The number of nitrogens with zero attached hydrogens (tertiary/aromatic N) is 1. The molecule has 7 heteroatoms. The van der Waals surface area contributed by atoms with Crippen LogP contribution in [0.25, 0.3) is 10.8 Å². The number of anilines is 1. The van der Waals surface area contributed by atoms with Gasteiger partial charge in [-0.3, -0.25) is 14.4 Å². The van der Waals surface area contributed by atoms with Gasteiger partial charge in [0.15, 0.2) is 0 Å². The van der Waals surface area contributed by atoms with Crippen molar-refractivity contribution in [1.29, 1.82) is 0 Å². The lowest BCUT2D eigenvalue weighted by Crippen LogP contribution is -2.48. The van der Waals surface area contributed by atoms with Gasteiger partial charge in [-0.05, 0) is 43.5 Å². The average Bonchev–Trinajstić information content (AvgIpc) is 2.73. The van der Waals surface area contributed by atoms with Crippen LogP contribution in [0.5, 0.6) is 0 Å². The van der Waals surface area contributed by atoms with Crippen LogP contribution in [0.4, 0.5) is 5.69 Å². The highest BCUT2D eigenvalue weighted by molar-refractivity contribution is 6.09. The molecule has 0 unspecified atom stereocenters. The van der Waals surface area contributed by atoms with Crippen LogP contribution in [-0.4, -0.2) is 47.0 Å². The van der Waals surface area contributed by atoms with Crippen LogP contribution in [0, 0.1) is 0 Å². The third-order valence-electron chi connectivity index (χ3n) is 5.11. The normalized spacial score (nSPS) is 18.9. The number of fused-ring (bicyclic) bond motifs is 1. The smallest absolute Gasteiger partial charge is 0.272 e. The van der Waals surface area contributed by atoms with Crippen molar-refractivity contribution in [3.05, 3.63) is 76.2 Å². The van der Waals surface area contributed by atoms with Crippen LogP contribution in [-0.2, 0) is 4.74 Å². The predicted molar refractivity (Wildman–Crippen MR) is 115 cm³/mol. The third kappa shape index (κ3) is 3.97. The number of hydrogen-bond donors (Lipinski definition) is 2. The molecule has 2 heterocycles. The van der Waals surface area contributed by atoms with Gasteiger partial charge in [-0.25, -0.2) is 0 Å². The molecule has 2 atom stereocenters. The summed E-state index contributed by atoms with van der Waals surface area (Å²) in [5.41, 5.74) is 0.595. The molecule has 1 saturated heterocycles. The van der Waals surface area contributed by atoms with E-state index in [1.54, 1.807) is 53.4 Å². The largest absolute Gasteiger partial charge is 0.372 e. The predicted octanol–water partition coefficient (Wildman–Crippen LogP) is 3.03. The molecular weight excluding hydrogens is 382 g/mol. The minimum Gasteiger partial charge on any atom is -0.372 e. The topological polar surface area (TPSA) is 91.5 Å². The number of aromatic nitrogens is 1. The Morgan fingerprint density at radius 2 is 1.70 bits per heavy atom. The van der Waals surface area contributed by atoms with Crippen molar-refractivity contribution in [1.82, 2.24) is 9.88 Å². The van der Waals surface area contributed by atoms with Crippen molar-refractivity contribution in [2.24, 2.45) is 0 Å². The highest BCUT2D eigenvalue weighted by Gasteiger charge is 2.28. The summed E-state index contributed by atoms with van der Waals surface area (Å²) < 4.78 is 5.70. The quantitative estimate of drug-likeness (QED) is 0.701. The minimum absolute atomic E-state index is 0.0536. The van der Waals surface area contributed by atoms with Crippen LogP contribution >= 0.6 is 0 Å². The fourth-order valence-corrected chi connectivity index (χ4v) is 3.82. The summed E-state index contributed by atoms with van der Waals surface area (Å²) >= 11 is 0. The molecule has 0 bridgehead atoms. The van der Waals surface area contributed by atoms with Crippen LogP contribution in [0.2, 0.25) is 0 Å². The lowest BCUT2D eigenvalue weighted by molar-refractivity contribution is -0.0585. The van der Waals surface area contributed by atoms with Gasteiger partial charge in [0, 0.05) is 18.5 Å². The van der Waals surface area contributed by atoms with Crippen molar-refractivity contribution in [2.75, 3.05) is 18.4 Å². The Hall–Kier alpha value is -3.45. The molecular formula is C23H23N3O4. The SMILES string of the molecule is C[C@@H]1CN(C(=O)c2ccccc2NC(=O)c2cc3ccccc3c(=O)[nH]2)C[C@H](C)O1. The molecule has 1 fully saturated rings. The second kappa shape index (κ2) is 8.12. The van der Waals surface area contributed by atoms with Gasteiger partial charge in [0.05, 0.1) is 23.5 Å². The molecule has 2 aromatic carbocycles. The fraction of sp³-hybridized carbons (Fsp3) is 0.261. The number of ether oxygens (including phenoxy) is 1. The molecule has 1 aliphatic heterocycles. The number of morpholine rings is 1. The summed E-state index contributed by atoms with van der Waals surface area (Å²) in [4.78, 5) is 42.6. The number of carbonyl (C=O) groups excluding carboxylic acids is 2. The number of nitrogens with one attached hydrogen (secondary N) is 2. The molecule has 0 saturated carbocycles. The first-order valence-electron chi connectivity index (χ1n) is 9.89. The Morgan fingerprint density at radius 3 is 2.47 bits per heavy atom. The summed E-state index contributed by atoms with van der Waals surface area (Å²) in [5, 5.41) is 3.96. The van der Waals surface area contributed by atoms with E-state index in [0.717, 1.165) is 0 Å². The maximum atomic E-state index is 13.1. The Balaban J connectivity index is 1.61. The van der Waals surface area contributed by atoms with Crippen molar-refractivity contribution < 1.29 is 14.3 Å². The Bertz CT molecular complexity index is 1160. The zero-order chi connectivity index (χ0) is 21.3. The third-order valence-corrected chi connectivity index (χ3v) is 5.11. The summed E-state index contributed by atoms with van der Waals surface area (Å²) in [6.45, 7) is 4.84. The fourth-order valence-electron chi connectivity index (χ4n) is 3.82. The van der Waals surface area contributed by atoms with Crippen LogP contribution in [0.1, 0.15) is 34.7 Å². The van der Waals surface area contributed by atoms with Crippen LogP contribution < -0.4 is 10.9 Å². The first-order valence-corrected chi connectivity index (χ1v) is 9.89. The van der Waals surface area contributed by atoms with Crippen molar-refractivity contribution in [2.45, 2.75) is 26.1 Å². The number of hydrogen-bond acceptors (Lipinski definition) is 4. The van der Waals surface area contributed by atoms with E-state index >= 15 is 0 Å². The maximum Gasteiger partial charge on any atom is 0.272 e. The number of amides is 2. The Kier molecular flexibility index (Phi) is 5.37. The number of aromatic amines is 1. The van der Waals surface area contributed by atoms with E-state index in [1.807, 2.05) is 19.9 Å². The molecule has 154 valence electrons. The molecule has 2 N–H and O–H groups in total. The van der Waals surface area contributed by atoms with Gasteiger partial charge in [-0.15, -0.1) is 0 Å². The van der Waals surface area contributed by atoms with Gasteiger partial charge in [0.1, 0.15) is 5.69 Å². The van der Waals surface area contributed by atoms with Crippen molar-refractivity contribution in [3.8, 4) is 0 Å². The van der Waals surface area contributed by atoms with Crippen molar-refractivity contribution >= 4 is 28.3 Å². The zero-order valence-corrected chi connectivity index (χ0v) is 16.8. The van der Waals surface area contributed by atoms with Crippen molar-refractivity contribution in [3.63, 3.8) is 0 Å². The average molecular weight is 405 g/mol. The lowest BCUT2D eigenvalue weighted by Gasteiger charge is -2.35. The first-order chi connectivity index (χ1) is 14.4. The molecule has 30 heavy (non-hydrogen) atoms. The summed E-state index contributed by atoms with van der Waals surface area (Å²) in [5.74, 6) is -0.651. The monoisotopic (exact) mass is 405 g/mol. The lowest BCUT2D eigenvalue weighted by atomic mass is 10.1. The second-order valence-corrected chi connectivity index (χ2v) is 7.57. The summed E-state index contributed by atoms with van der Waals surface area (Å²) in [7, 11) is 0. The maximum absolute atomic E-state index is 13.1. The standard InChI is InChI=1S/C23H23N3O4/c1-14-12-26(13-15(2)30-14)23(29)18-9-5-6-10-19(18)24-22(28)20-11-16-7-3-4-8-17(16)21(27)25-20/h3-11,14-15H,12-13H2,1-2H3,(H,24,28)(H,25,27)/t14-,15+. The molecule has 3 aromatic rings. The van der Waals surface area contributed by atoms with Gasteiger partial charge in [-0.1, -0.05) is 30.3 Å². The second-order valence-electron chi connectivity index (χ2n) is 7.57. The Labute approximate surface area is 173 Å². The molecule has 0 spiro atoms. The summed E-state index contributed by atoms with van der Waals surface area (Å²) in [6, 6.07) is 15.6. The number of para-hydroxylation sites is 1. The van der Waals surface area contributed by atoms with E-state index < -0.39 is 5.91 Å². The van der Waals surface area contributed by atoms with Crippen LogP contribution in [0.3, 0.4) is 0 Å². The van der Waals surface area contributed by atoms with Gasteiger partial charge < -0.3 is 19.9 Å². The molecule has 7 nitrogen and oxygen atoms in total. The minimum atomic E-state index is -0.484. The Morgan fingerprint density at radius 1 is 1.03 bits per heavy atom. The van der Waals surface area contributed by atoms with Gasteiger partial charge in [-0.2, -0.15) is 0 Å². The zero-order valence-electron chi connectivity index (χ0n) is 16.8. The van der Waals surface area contributed by atoms with Crippen LogP contribution in [0.15, 0.2) is 59.4 Å². The van der Waals surface area contributed by atoms with E-state index in [0.29, 0.717) is 35.1 Å². The van der Waals surface area contributed by atoms with Gasteiger partial charge in [0.25, 0.3) is 17.4 Å². The highest BCUT2D eigenvalue weighted by atomic mass is 16.5. The number of carbonyl (C=O) groups is 2. The number of benzene rings is 2. The summed E-state index contributed by atoms with van der Waals surface area (Å²) in [6.07, 6.45) is -0.107. The molecule has 2 amide bonds.